The maximum Gasteiger partial charge on any atom is 0.223 e. The molecular weight excluding hydrogens is 238 g/mol. The quantitative estimate of drug-likeness (QED) is 0.790. The molecule has 1 aliphatic heterocycles. The maximum atomic E-state index is 12.0. The smallest absolute Gasteiger partial charge is 0.223 e. The molecule has 2 atom stereocenters. The van der Waals surface area contributed by atoms with Crippen LogP contribution in [0.3, 0.4) is 0 Å². The summed E-state index contributed by atoms with van der Waals surface area (Å²) in [5.74, 6) is 1.21. The van der Waals surface area contributed by atoms with Gasteiger partial charge in [0.25, 0.3) is 0 Å². The van der Waals surface area contributed by atoms with E-state index in [9.17, 15) is 4.79 Å². The van der Waals surface area contributed by atoms with Crippen molar-refractivity contribution < 1.29 is 4.79 Å². The minimum atomic E-state index is 0.178. The second kappa shape index (κ2) is 7.25. The van der Waals surface area contributed by atoms with E-state index in [2.05, 4.69) is 17.1 Å². The Balaban J connectivity index is 1.58. The Hall–Kier alpha value is -0.610. The molecule has 1 heterocycles. The largest absolute Gasteiger partial charge is 0.356 e. The summed E-state index contributed by atoms with van der Waals surface area (Å²) in [6, 6.07) is 0.245. The number of amides is 1. The van der Waals surface area contributed by atoms with Gasteiger partial charge in [-0.25, -0.2) is 0 Å². The molecule has 1 aliphatic carbocycles. The van der Waals surface area contributed by atoms with E-state index in [4.69, 9.17) is 5.73 Å². The van der Waals surface area contributed by atoms with E-state index in [1.54, 1.807) is 0 Å². The first-order valence-corrected chi connectivity index (χ1v) is 7.94. The van der Waals surface area contributed by atoms with Crippen LogP contribution in [0.1, 0.15) is 45.4 Å². The minimum Gasteiger partial charge on any atom is -0.356 e. The summed E-state index contributed by atoms with van der Waals surface area (Å²) in [5, 5.41) is 3.11. The second-order valence-corrected chi connectivity index (χ2v) is 6.23. The minimum absolute atomic E-state index is 0.178. The van der Waals surface area contributed by atoms with E-state index in [-0.39, 0.29) is 17.9 Å². The van der Waals surface area contributed by atoms with E-state index in [1.165, 1.54) is 32.5 Å². The molecule has 110 valence electrons. The highest BCUT2D eigenvalue weighted by atomic mass is 16.1. The number of likely N-dealkylation sites (tertiary alicyclic amines) is 1. The molecule has 1 saturated heterocycles. The molecule has 0 spiro atoms. The van der Waals surface area contributed by atoms with Crippen LogP contribution in [0, 0.1) is 11.8 Å². The molecule has 0 aromatic carbocycles. The molecule has 0 aromatic heterocycles. The molecule has 1 saturated carbocycles. The first-order chi connectivity index (χ1) is 9.19. The molecule has 3 N–H and O–H groups in total. The fourth-order valence-corrected chi connectivity index (χ4v) is 3.39. The molecule has 1 amide bonds. The Bertz CT molecular complexity index is 287. The number of piperidine rings is 1. The standard InChI is InChI=1S/C15H29N3O/c1-2-18-9-6-12(7-10-18)5-8-17-15(19)13-3-4-14(16)11-13/h12-14H,2-11,16H2,1H3,(H,17,19). The topological polar surface area (TPSA) is 58.4 Å². The molecular formula is C15H29N3O. The summed E-state index contributed by atoms with van der Waals surface area (Å²) in [7, 11) is 0. The predicted octanol–water partition coefficient (Wildman–Crippen LogP) is 1.35. The van der Waals surface area contributed by atoms with Crippen LogP contribution >= 0.6 is 0 Å². The molecule has 0 radical (unpaired) electrons. The number of hydrogen-bond donors (Lipinski definition) is 2. The van der Waals surface area contributed by atoms with Gasteiger partial charge in [-0.2, -0.15) is 0 Å². The summed E-state index contributed by atoms with van der Waals surface area (Å²) in [4.78, 5) is 14.5. The predicted molar refractivity (Wildman–Crippen MR) is 77.8 cm³/mol. The number of carbonyl (C=O) groups is 1. The average Bonchev–Trinajstić information content (AvgIpc) is 2.86. The Morgan fingerprint density at radius 1 is 1.26 bits per heavy atom. The van der Waals surface area contributed by atoms with Crippen LogP contribution in [-0.4, -0.2) is 43.0 Å². The van der Waals surface area contributed by atoms with E-state index < -0.39 is 0 Å². The van der Waals surface area contributed by atoms with Gasteiger partial charge in [-0.15, -0.1) is 0 Å². The first-order valence-electron chi connectivity index (χ1n) is 7.94. The van der Waals surface area contributed by atoms with Gasteiger partial charge in [0.2, 0.25) is 5.91 Å². The molecule has 0 bridgehead atoms. The molecule has 2 unspecified atom stereocenters. The second-order valence-electron chi connectivity index (χ2n) is 6.23. The molecule has 2 rings (SSSR count). The van der Waals surface area contributed by atoms with Crippen molar-refractivity contribution in [1.82, 2.24) is 10.2 Å². The van der Waals surface area contributed by atoms with Gasteiger partial charge in [0.15, 0.2) is 0 Å². The van der Waals surface area contributed by atoms with Crippen molar-refractivity contribution in [3.63, 3.8) is 0 Å². The zero-order valence-corrected chi connectivity index (χ0v) is 12.2. The number of nitrogens with zero attached hydrogens (tertiary/aromatic N) is 1. The van der Waals surface area contributed by atoms with Crippen molar-refractivity contribution in [2.45, 2.75) is 51.5 Å². The Kier molecular flexibility index (Phi) is 5.64. The molecule has 2 aliphatic rings. The summed E-state index contributed by atoms with van der Waals surface area (Å²) >= 11 is 0. The van der Waals surface area contributed by atoms with Crippen molar-refractivity contribution in [1.29, 1.82) is 0 Å². The summed E-state index contributed by atoms with van der Waals surface area (Å²) in [6.45, 7) is 6.71. The zero-order chi connectivity index (χ0) is 13.7. The van der Waals surface area contributed by atoms with Crippen molar-refractivity contribution in [2.24, 2.45) is 17.6 Å². The van der Waals surface area contributed by atoms with Gasteiger partial charge in [-0.1, -0.05) is 6.92 Å². The highest BCUT2D eigenvalue weighted by Gasteiger charge is 2.27. The zero-order valence-electron chi connectivity index (χ0n) is 12.2. The number of nitrogens with one attached hydrogen (secondary N) is 1. The lowest BCUT2D eigenvalue weighted by Gasteiger charge is -2.31. The number of nitrogens with two attached hydrogens (primary N) is 1. The van der Waals surface area contributed by atoms with Crippen LogP contribution in [-0.2, 0) is 4.79 Å². The molecule has 4 nitrogen and oxygen atoms in total. The van der Waals surface area contributed by atoms with Gasteiger partial charge in [0.05, 0.1) is 0 Å². The lowest BCUT2D eigenvalue weighted by atomic mass is 9.93. The molecule has 19 heavy (non-hydrogen) atoms. The van der Waals surface area contributed by atoms with Gasteiger partial charge in [0, 0.05) is 18.5 Å². The van der Waals surface area contributed by atoms with E-state index in [0.717, 1.165) is 38.1 Å². The normalized spacial score (nSPS) is 29.6. The van der Waals surface area contributed by atoms with Crippen molar-refractivity contribution in [3.05, 3.63) is 0 Å². The van der Waals surface area contributed by atoms with E-state index in [0.29, 0.717) is 0 Å². The van der Waals surface area contributed by atoms with Gasteiger partial charge in [-0.05, 0) is 64.1 Å². The Labute approximate surface area is 117 Å². The third kappa shape index (κ3) is 4.46. The summed E-state index contributed by atoms with van der Waals surface area (Å²) in [6.07, 6.45) is 6.58. The Morgan fingerprint density at radius 3 is 2.58 bits per heavy atom. The fourth-order valence-electron chi connectivity index (χ4n) is 3.39. The maximum absolute atomic E-state index is 12.0. The number of carbonyl (C=O) groups excluding carboxylic acids is 1. The summed E-state index contributed by atoms with van der Waals surface area (Å²) < 4.78 is 0. The van der Waals surface area contributed by atoms with E-state index >= 15 is 0 Å². The van der Waals surface area contributed by atoms with Crippen molar-refractivity contribution >= 4 is 5.91 Å². The van der Waals surface area contributed by atoms with Crippen LogP contribution < -0.4 is 11.1 Å². The number of hydrogen-bond acceptors (Lipinski definition) is 3. The number of rotatable bonds is 5. The third-order valence-electron chi connectivity index (χ3n) is 4.85. The van der Waals surface area contributed by atoms with Gasteiger partial charge < -0.3 is 16.0 Å². The van der Waals surface area contributed by atoms with Crippen LogP contribution in [0.2, 0.25) is 0 Å². The van der Waals surface area contributed by atoms with E-state index in [1.807, 2.05) is 0 Å². The lowest BCUT2D eigenvalue weighted by Crippen LogP contribution is -2.36. The van der Waals surface area contributed by atoms with Crippen LogP contribution in [0.5, 0.6) is 0 Å². The molecule has 2 fully saturated rings. The fraction of sp³-hybridized carbons (Fsp3) is 0.933. The van der Waals surface area contributed by atoms with Crippen LogP contribution in [0.25, 0.3) is 0 Å². The summed E-state index contributed by atoms with van der Waals surface area (Å²) in [5.41, 5.74) is 5.85. The van der Waals surface area contributed by atoms with Gasteiger partial charge in [0.1, 0.15) is 0 Å². The Morgan fingerprint density at radius 2 is 2.00 bits per heavy atom. The SMILES string of the molecule is CCN1CCC(CCNC(=O)C2CCC(N)C2)CC1. The van der Waals surface area contributed by atoms with Gasteiger partial charge >= 0.3 is 0 Å². The monoisotopic (exact) mass is 267 g/mol. The van der Waals surface area contributed by atoms with Crippen LogP contribution in [0.4, 0.5) is 0 Å². The highest BCUT2D eigenvalue weighted by Crippen LogP contribution is 2.24. The van der Waals surface area contributed by atoms with Gasteiger partial charge in [-0.3, -0.25) is 4.79 Å². The van der Waals surface area contributed by atoms with Crippen molar-refractivity contribution in [3.8, 4) is 0 Å². The first kappa shape index (κ1) is 14.8. The lowest BCUT2D eigenvalue weighted by molar-refractivity contribution is -0.124. The third-order valence-corrected chi connectivity index (χ3v) is 4.85. The highest BCUT2D eigenvalue weighted by molar-refractivity contribution is 5.78. The molecule has 4 heteroatoms. The average molecular weight is 267 g/mol. The van der Waals surface area contributed by atoms with Crippen LogP contribution in [0.15, 0.2) is 0 Å². The molecule has 0 aromatic rings. The van der Waals surface area contributed by atoms with Crippen molar-refractivity contribution in [2.75, 3.05) is 26.2 Å².